The lowest BCUT2D eigenvalue weighted by atomic mass is 9.63. The fourth-order valence-corrected chi connectivity index (χ4v) is 3.75. The Kier molecular flexibility index (Phi) is 3.25. The Labute approximate surface area is 134 Å². The average Bonchev–Trinajstić information content (AvgIpc) is 2.69. The fraction of sp³-hybridized carbons (Fsp3) is 0.471. The zero-order valence-electron chi connectivity index (χ0n) is 13.4. The number of nitrogens with zero attached hydrogens (tertiary/aromatic N) is 1. The van der Waals surface area contributed by atoms with E-state index in [2.05, 4.69) is 5.43 Å². The number of carbonyl (C=O) groups is 3. The second-order valence-electron chi connectivity index (χ2n) is 7.08. The average molecular weight is 316 g/mol. The van der Waals surface area contributed by atoms with Crippen LogP contribution >= 0.6 is 0 Å². The number of imide groups is 1. The van der Waals surface area contributed by atoms with Crippen LogP contribution in [0.25, 0.3) is 0 Å². The summed E-state index contributed by atoms with van der Waals surface area (Å²) in [6, 6.07) is 6.00. The van der Waals surface area contributed by atoms with E-state index in [-0.39, 0.29) is 29.0 Å². The molecule has 6 heteroatoms. The first-order chi connectivity index (χ1) is 10.7. The van der Waals surface area contributed by atoms with Crippen molar-refractivity contribution in [3.63, 3.8) is 0 Å². The second kappa shape index (κ2) is 4.81. The van der Waals surface area contributed by atoms with Crippen LogP contribution in [0.2, 0.25) is 0 Å². The number of hydrazine groups is 1. The second-order valence-corrected chi connectivity index (χ2v) is 7.08. The molecule has 1 saturated carbocycles. The zero-order chi connectivity index (χ0) is 17.0. The van der Waals surface area contributed by atoms with Gasteiger partial charge in [0.05, 0.1) is 11.0 Å². The van der Waals surface area contributed by atoms with E-state index in [1.54, 1.807) is 12.1 Å². The maximum atomic E-state index is 12.8. The minimum absolute atomic E-state index is 0.0235. The Bertz CT molecular complexity index is 712. The zero-order valence-corrected chi connectivity index (χ0v) is 13.4. The first kappa shape index (κ1) is 15.5. The van der Waals surface area contributed by atoms with Crippen LogP contribution in [0, 0.1) is 16.7 Å². The highest BCUT2D eigenvalue weighted by Gasteiger charge is 2.64. The number of nitrogens with one attached hydrogen (secondary N) is 1. The van der Waals surface area contributed by atoms with Gasteiger partial charge in [0.25, 0.3) is 17.7 Å². The van der Waals surface area contributed by atoms with Crippen LogP contribution in [0.5, 0.6) is 5.75 Å². The van der Waals surface area contributed by atoms with Crippen molar-refractivity contribution in [1.29, 1.82) is 0 Å². The molecular weight excluding hydrogens is 296 g/mol. The maximum absolute atomic E-state index is 12.8. The molecule has 0 radical (unpaired) electrons. The minimum atomic E-state index is -0.683. The van der Waals surface area contributed by atoms with Gasteiger partial charge in [0.1, 0.15) is 5.75 Å². The number of fused-ring (bicyclic) bond motifs is 2. The van der Waals surface area contributed by atoms with E-state index >= 15 is 0 Å². The summed E-state index contributed by atoms with van der Waals surface area (Å²) in [5.41, 5.74) is 1.28. The predicted molar refractivity (Wildman–Crippen MR) is 82.0 cm³/mol. The predicted octanol–water partition coefficient (Wildman–Crippen LogP) is 1.85. The molecule has 1 aromatic rings. The Morgan fingerprint density at radius 2 is 1.91 bits per heavy atom. The molecule has 1 aliphatic heterocycles. The minimum Gasteiger partial charge on any atom is -0.507 e. The van der Waals surface area contributed by atoms with Gasteiger partial charge < -0.3 is 5.11 Å². The largest absolute Gasteiger partial charge is 0.507 e. The molecule has 1 aliphatic carbocycles. The van der Waals surface area contributed by atoms with E-state index in [0.29, 0.717) is 12.8 Å². The summed E-state index contributed by atoms with van der Waals surface area (Å²) in [4.78, 5) is 37.7. The summed E-state index contributed by atoms with van der Waals surface area (Å²) in [7, 11) is 0. The molecule has 6 nitrogen and oxygen atoms in total. The molecule has 23 heavy (non-hydrogen) atoms. The topological polar surface area (TPSA) is 86.7 Å². The van der Waals surface area contributed by atoms with Crippen molar-refractivity contribution < 1.29 is 19.5 Å². The van der Waals surface area contributed by atoms with Crippen molar-refractivity contribution >= 4 is 17.7 Å². The highest BCUT2D eigenvalue weighted by Crippen LogP contribution is 2.59. The molecule has 3 rings (SSSR count). The number of aromatic hydroxyl groups is 1. The molecule has 3 amide bonds. The van der Waals surface area contributed by atoms with Crippen molar-refractivity contribution in [2.75, 3.05) is 0 Å². The Morgan fingerprint density at radius 3 is 2.57 bits per heavy atom. The lowest BCUT2D eigenvalue weighted by Gasteiger charge is -2.47. The smallest absolute Gasteiger partial charge is 0.274 e. The maximum Gasteiger partial charge on any atom is 0.274 e. The van der Waals surface area contributed by atoms with Crippen LogP contribution in [-0.2, 0) is 9.59 Å². The normalized spacial score (nSPS) is 28.8. The number of para-hydroxylation sites is 1. The number of benzene rings is 1. The van der Waals surface area contributed by atoms with Crippen LogP contribution < -0.4 is 5.43 Å². The summed E-state index contributed by atoms with van der Waals surface area (Å²) in [6.45, 7) is 5.71. The van der Waals surface area contributed by atoms with Gasteiger partial charge in [-0.15, -0.1) is 0 Å². The van der Waals surface area contributed by atoms with Crippen molar-refractivity contribution in [2.24, 2.45) is 16.7 Å². The quantitative estimate of drug-likeness (QED) is 0.815. The van der Waals surface area contributed by atoms with Gasteiger partial charge in [0.15, 0.2) is 0 Å². The third-order valence-electron chi connectivity index (χ3n) is 5.78. The van der Waals surface area contributed by atoms with Gasteiger partial charge in [0, 0.05) is 5.92 Å². The molecule has 2 bridgehead atoms. The standard InChI is InChI=1S/C17H20N2O4/c1-16(2)11-8-9-17(16,3)15(23)19(14(11)22)18-13(21)10-6-4-5-7-12(10)20/h4-7,11,20H,8-9H2,1-3H3,(H,18,21)/t11-,17+/m1/s1. The number of rotatable bonds is 2. The Balaban J connectivity index is 1.90. The number of phenols is 1. The van der Waals surface area contributed by atoms with E-state index in [4.69, 9.17) is 0 Å². The van der Waals surface area contributed by atoms with Gasteiger partial charge in [-0.2, -0.15) is 5.01 Å². The summed E-state index contributed by atoms with van der Waals surface area (Å²) in [6.07, 6.45) is 1.26. The van der Waals surface area contributed by atoms with Gasteiger partial charge in [-0.25, -0.2) is 0 Å². The number of carbonyl (C=O) groups excluding carboxylic acids is 3. The SMILES string of the molecule is CC1(C)[C@@H]2CC[C@@]1(C)C(=O)N(NC(=O)c1ccccc1O)C2=O. The number of amides is 3. The summed E-state index contributed by atoms with van der Waals surface area (Å²) in [5.74, 6) is -1.93. The van der Waals surface area contributed by atoms with Crippen LogP contribution in [0.15, 0.2) is 24.3 Å². The van der Waals surface area contributed by atoms with Crippen molar-refractivity contribution in [3.8, 4) is 5.75 Å². The first-order valence-electron chi connectivity index (χ1n) is 7.67. The van der Waals surface area contributed by atoms with E-state index in [1.165, 1.54) is 12.1 Å². The van der Waals surface area contributed by atoms with E-state index in [0.717, 1.165) is 5.01 Å². The molecule has 1 heterocycles. The number of hydrogen-bond donors (Lipinski definition) is 2. The highest BCUT2D eigenvalue weighted by atomic mass is 16.3. The lowest BCUT2D eigenvalue weighted by molar-refractivity contribution is -0.171. The molecule has 1 aromatic carbocycles. The Morgan fingerprint density at radius 1 is 1.26 bits per heavy atom. The highest BCUT2D eigenvalue weighted by molar-refractivity contribution is 6.07. The van der Waals surface area contributed by atoms with E-state index in [9.17, 15) is 19.5 Å². The third kappa shape index (κ3) is 1.97. The molecule has 0 unspecified atom stereocenters. The molecule has 0 aromatic heterocycles. The van der Waals surface area contributed by atoms with Crippen molar-refractivity contribution in [3.05, 3.63) is 29.8 Å². The van der Waals surface area contributed by atoms with E-state index in [1.807, 2.05) is 20.8 Å². The van der Waals surface area contributed by atoms with Gasteiger partial charge in [-0.3, -0.25) is 19.8 Å². The molecule has 2 fully saturated rings. The molecule has 122 valence electrons. The molecule has 2 N–H and O–H groups in total. The van der Waals surface area contributed by atoms with Crippen LogP contribution in [-0.4, -0.2) is 27.8 Å². The van der Waals surface area contributed by atoms with Crippen molar-refractivity contribution in [1.82, 2.24) is 10.4 Å². The van der Waals surface area contributed by atoms with Crippen LogP contribution in [0.1, 0.15) is 44.0 Å². The lowest BCUT2D eigenvalue weighted by Crippen LogP contribution is -2.63. The van der Waals surface area contributed by atoms with Gasteiger partial charge in [-0.05, 0) is 30.4 Å². The molecule has 0 spiro atoms. The van der Waals surface area contributed by atoms with Crippen LogP contribution in [0.4, 0.5) is 0 Å². The Hall–Kier alpha value is -2.37. The summed E-state index contributed by atoms with van der Waals surface area (Å²) in [5, 5.41) is 10.6. The van der Waals surface area contributed by atoms with Gasteiger partial charge in [-0.1, -0.05) is 32.9 Å². The van der Waals surface area contributed by atoms with Crippen molar-refractivity contribution in [2.45, 2.75) is 33.6 Å². The van der Waals surface area contributed by atoms with Gasteiger partial charge in [0.2, 0.25) is 0 Å². The van der Waals surface area contributed by atoms with E-state index < -0.39 is 16.7 Å². The molecule has 1 saturated heterocycles. The number of hydrogen-bond acceptors (Lipinski definition) is 4. The number of phenolic OH excluding ortho intramolecular Hbond substituents is 1. The first-order valence-corrected chi connectivity index (χ1v) is 7.67. The summed E-state index contributed by atoms with van der Waals surface area (Å²) < 4.78 is 0. The number of piperidine rings is 1. The molecular formula is C17H20N2O4. The monoisotopic (exact) mass is 316 g/mol. The van der Waals surface area contributed by atoms with Crippen LogP contribution in [0.3, 0.4) is 0 Å². The fourth-order valence-electron chi connectivity index (χ4n) is 3.75. The summed E-state index contributed by atoms with van der Waals surface area (Å²) >= 11 is 0. The third-order valence-corrected chi connectivity index (χ3v) is 5.78. The molecule has 2 aliphatic rings. The van der Waals surface area contributed by atoms with Gasteiger partial charge >= 0.3 is 0 Å². The molecule has 2 atom stereocenters.